The molecule has 5 aromatic rings. The number of rotatable bonds is 4. The number of hydrogen-bond donors (Lipinski definition) is 1. The quantitative estimate of drug-likeness (QED) is 0.304. The van der Waals surface area contributed by atoms with Gasteiger partial charge in [0.05, 0.1) is 45.4 Å². The third-order valence-electron chi connectivity index (χ3n) is 5.92. The van der Waals surface area contributed by atoms with Gasteiger partial charge >= 0.3 is 12.1 Å². The predicted molar refractivity (Wildman–Crippen MR) is 131 cm³/mol. The van der Waals surface area contributed by atoms with Crippen molar-refractivity contribution in [2.75, 3.05) is 0 Å². The molecule has 0 saturated carbocycles. The Kier molecular flexibility index (Phi) is 5.83. The molecule has 0 fully saturated rings. The Hall–Kier alpha value is -4.44. The van der Waals surface area contributed by atoms with Crippen molar-refractivity contribution in [3.63, 3.8) is 0 Å². The van der Waals surface area contributed by atoms with Gasteiger partial charge in [-0.15, -0.1) is 0 Å². The van der Waals surface area contributed by atoms with E-state index in [4.69, 9.17) is 11.6 Å². The summed E-state index contributed by atoms with van der Waals surface area (Å²) in [6, 6.07) is 14.0. The summed E-state index contributed by atoms with van der Waals surface area (Å²) in [5, 5.41) is 13.7. The van der Waals surface area contributed by atoms with Crippen LogP contribution in [-0.2, 0) is 13.2 Å². The highest BCUT2D eigenvalue weighted by atomic mass is 35.5. The van der Waals surface area contributed by atoms with Crippen LogP contribution < -0.4 is 0 Å². The van der Waals surface area contributed by atoms with Crippen LogP contribution in [0.5, 0.6) is 0 Å². The van der Waals surface area contributed by atoms with E-state index >= 15 is 0 Å². The highest BCUT2D eigenvalue weighted by molar-refractivity contribution is 6.34. The van der Waals surface area contributed by atoms with E-state index in [1.54, 1.807) is 42.3 Å². The van der Waals surface area contributed by atoms with Gasteiger partial charge in [-0.2, -0.15) is 23.0 Å². The van der Waals surface area contributed by atoms with Gasteiger partial charge in [-0.3, -0.25) is 4.79 Å². The van der Waals surface area contributed by atoms with E-state index in [2.05, 4.69) is 10.1 Å². The summed E-state index contributed by atoms with van der Waals surface area (Å²) in [5.74, 6) is -2.17. The Labute approximate surface area is 212 Å². The minimum absolute atomic E-state index is 0.0490. The van der Waals surface area contributed by atoms with Crippen molar-refractivity contribution in [2.45, 2.75) is 6.18 Å². The minimum Gasteiger partial charge on any atom is -0.478 e. The molecule has 0 unspecified atom stereocenters. The lowest BCUT2D eigenvalue weighted by Gasteiger charge is -2.13. The summed E-state index contributed by atoms with van der Waals surface area (Å²) in [6.45, 7) is 0. The number of nitrogens with zero attached hydrogens (tertiary/aromatic N) is 4. The third kappa shape index (κ3) is 4.25. The Morgan fingerprint density at radius 2 is 1.70 bits per heavy atom. The Balaban J connectivity index is 1.77. The van der Waals surface area contributed by atoms with Crippen molar-refractivity contribution in [3.8, 4) is 22.5 Å². The highest BCUT2D eigenvalue weighted by Gasteiger charge is 2.37. The van der Waals surface area contributed by atoms with Crippen LogP contribution >= 0.6 is 11.6 Å². The van der Waals surface area contributed by atoms with Crippen LogP contribution in [0.3, 0.4) is 0 Å². The molecule has 2 heterocycles. The number of imidazole rings is 1. The summed E-state index contributed by atoms with van der Waals surface area (Å²) in [4.78, 5) is 29.0. The maximum Gasteiger partial charge on any atom is 0.417 e. The zero-order valence-electron chi connectivity index (χ0n) is 19.0. The number of benzene rings is 3. The van der Waals surface area contributed by atoms with Crippen LogP contribution in [0.2, 0.25) is 5.02 Å². The second-order valence-corrected chi connectivity index (χ2v) is 8.64. The number of hydrogen-bond acceptors (Lipinski definition) is 4. The molecule has 0 spiro atoms. The largest absolute Gasteiger partial charge is 0.478 e. The van der Waals surface area contributed by atoms with Crippen molar-refractivity contribution in [2.24, 2.45) is 7.05 Å². The molecule has 5 rings (SSSR count). The van der Waals surface area contributed by atoms with E-state index < -0.39 is 29.2 Å². The van der Waals surface area contributed by atoms with Gasteiger partial charge < -0.3 is 9.67 Å². The highest BCUT2D eigenvalue weighted by Crippen LogP contribution is 2.37. The van der Waals surface area contributed by atoms with Gasteiger partial charge in [0, 0.05) is 23.6 Å². The van der Waals surface area contributed by atoms with Gasteiger partial charge in [0.1, 0.15) is 5.69 Å². The van der Waals surface area contributed by atoms with Crippen LogP contribution in [0.4, 0.5) is 13.2 Å². The van der Waals surface area contributed by atoms with Gasteiger partial charge in [0.15, 0.2) is 0 Å². The van der Waals surface area contributed by atoms with Crippen molar-refractivity contribution < 1.29 is 27.9 Å². The molecule has 0 aliphatic rings. The normalized spacial score (nSPS) is 11.7. The third-order valence-corrected chi connectivity index (χ3v) is 6.24. The van der Waals surface area contributed by atoms with Gasteiger partial charge in [0.25, 0.3) is 5.91 Å². The summed E-state index contributed by atoms with van der Waals surface area (Å²) in [6.07, 6.45) is -1.62. The topological polar surface area (TPSA) is 90.0 Å². The first-order valence-corrected chi connectivity index (χ1v) is 11.2. The van der Waals surface area contributed by atoms with E-state index in [0.29, 0.717) is 22.2 Å². The van der Waals surface area contributed by atoms with Crippen molar-refractivity contribution >= 4 is 34.4 Å². The van der Waals surface area contributed by atoms with E-state index in [1.807, 2.05) is 0 Å². The first-order chi connectivity index (χ1) is 17.6. The molecular formula is C26H16ClF3N4O3. The molecule has 0 bridgehead atoms. The molecule has 0 aliphatic carbocycles. The number of aryl methyl sites for hydroxylation is 1. The van der Waals surface area contributed by atoms with Gasteiger partial charge in [-0.05, 0) is 36.4 Å². The number of halogens is 4. The Morgan fingerprint density at radius 1 is 1.00 bits per heavy atom. The van der Waals surface area contributed by atoms with E-state index in [-0.39, 0.29) is 21.8 Å². The molecule has 0 aliphatic heterocycles. The molecular weight excluding hydrogens is 509 g/mol. The molecule has 2 aromatic heterocycles. The smallest absolute Gasteiger partial charge is 0.417 e. The fraction of sp³-hybridized carbons (Fsp3) is 0.0769. The van der Waals surface area contributed by atoms with Gasteiger partial charge in [-0.1, -0.05) is 35.9 Å². The van der Waals surface area contributed by atoms with E-state index in [1.165, 1.54) is 30.3 Å². The monoisotopic (exact) mass is 524 g/mol. The minimum atomic E-state index is -4.83. The number of carbonyl (C=O) groups excluding carboxylic acids is 1. The zero-order chi connectivity index (χ0) is 26.5. The van der Waals surface area contributed by atoms with Crippen LogP contribution in [0.25, 0.3) is 33.4 Å². The molecule has 0 saturated heterocycles. The standard InChI is InChI=1S/C26H16ClF3N4O3/c1-33-13-31-12-21(33)16-9-10-17-20(11-16)34(32-23(17)14-5-7-15(8-6-14)25(36)37)24(35)22-18(26(28,29)30)3-2-4-19(22)27/h2-13H,1H3,(H,36,37). The van der Waals surface area contributed by atoms with Crippen molar-refractivity contribution in [1.82, 2.24) is 19.3 Å². The number of fused-ring (bicyclic) bond motifs is 1. The SMILES string of the molecule is Cn1cncc1-c1ccc2c(-c3ccc(C(=O)O)cc3)nn(C(=O)c3c(Cl)cccc3C(F)(F)F)c2c1. The summed E-state index contributed by atoms with van der Waals surface area (Å²) in [7, 11) is 1.78. The summed E-state index contributed by atoms with van der Waals surface area (Å²) >= 11 is 6.11. The van der Waals surface area contributed by atoms with Crippen molar-refractivity contribution in [3.05, 3.63) is 94.9 Å². The van der Waals surface area contributed by atoms with Gasteiger partial charge in [0.2, 0.25) is 0 Å². The number of carboxylic acid groups (broad SMARTS) is 1. The average Bonchev–Trinajstić information content (AvgIpc) is 3.46. The molecule has 186 valence electrons. The first-order valence-electron chi connectivity index (χ1n) is 10.8. The fourth-order valence-corrected chi connectivity index (χ4v) is 4.39. The number of alkyl halides is 3. The molecule has 0 amide bonds. The van der Waals surface area contributed by atoms with Crippen LogP contribution in [0.1, 0.15) is 26.3 Å². The first kappa shape index (κ1) is 24.3. The van der Waals surface area contributed by atoms with E-state index in [0.717, 1.165) is 16.8 Å². The second kappa shape index (κ2) is 8.90. The number of aromatic carboxylic acids is 1. The molecule has 37 heavy (non-hydrogen) atoms. The Bertz CT molecular complexity index is 1690. The Morgan fingerprint density at radius 3 is 2.32 bits per heavy atom. The van der Waals surface area contributed by atoms with Crippen LogP contribution in [-0.4, -0.2) is 36.3 Å². The van der Waals surface area contributed by atoms with Crippen LogP contribution in [0, 0.1) is 0 Å². The number of aromatic nitrogens is 4. The fourth-order valence-electron chi connectivity index (χ4n) is 4.13. The van der Waals surface area contributed by atoms with Crippen molar-refractivity contribution in [1.29, 1.82) is 0 Å². The summed E-state index contributed by atoms with van der Waals surface area (Å²) in [5.41, 5.74) is 0.528. The molecule has 0 radical (unpaired) electrons. The average molecular weight is 525 g/mol. The molecule has 1 N–H and O–H groups in total. The number of carboxylic acids is 1. The predicted octanol–water partition coefficient (Wildman–Crippen LogP) is 6.16. The summed E-state index contributed by atoms with van der Waals surface area (Å²) < 4.78 is 44.0. The molecule has 7 nitrogen and oxygen atoms in total. The lowest BCUT2D eigenvalue weighted by Crippen LogP contribution is -2.20. The lowest BCUT2D eigenvalue weighted by molar-refractivity contribution is -0.137. The van der Waals surface area contributed by atoms with Crippen LogP contribution in [0.15, 0.2) is 73.2 Å². The number of carbonyl (C=O) groups is 2. The van der Waals surface area contributed by atoms with E-state index in [9.17, 15) is 27.9 Å². The molecule has 11 heteroatoms. The second-order valence-electron chi connectivity index (χ2n) is 8.23. The molecule has 3 aromatic carbocycles. The molecule has 0 atom stereocenters. The van der Waals surface area contributed by atoms with Gasteiger partial charge in [-0.25, -0.2) is 9.78 Å². The maximum atomic E-state index is 13.8. The maximum absolute atomic E-state index is 13.8. The zero-order valence-corrected chi connectivity index (χ0v) is 19.7. The lowest BCUT2D eigenvalue weighted by atomic mass is 10.0.